The van der Waals surface area contributed by atoms with Crippen LogP contribution in [0.25, 0.3) is 6.08 Å². The Bertz CT molecular complexity index is 296. The highest BCUT2D eigenvalue weighted by Crippen LogP contribution is 2.12. The Labute approximate surface area is 81.4 Å². The van der Waals surface area contributed by atoms with Crippen LogP contribution < -0.4 is 5.40 Å². The predicted molar refractivity (Wildman–Crippen MR) is 61.8 cm³/mol. The van der Waals surface area contributed by atoms with Gasteiger partial charge in [-0.2, -0.15) is 0 Å². The molecule has 0 amide bonds. The fourth-order valence-electron chi connectivity index (χ4n) is 0.985. The van der Waals surface area contributed by atoms with E-state index in [-0.39, 0.29) is 0 Å². The molecule has 70 valence electrons. The average molecular weight is 191 g/mol. The highest BCUT2D eigenvalue weighted by atomic mass is 28.3. The molecule has 0 bridgehead atoms. The lowest BCUT2D eigenvalue weighted by atomic mass is 10.2. The molecule has 13 heavy (non-hydrogen) atoms. The van der Waals surface area contributed by atoms with Crippen molar-refractivity contribution in [2.45, 2.75) is 20.0 Å². The highest BCUT2D eigenvalue weighted by molar-refractivity contribution is 6.81. The number of rotatable bonds is 2. The van der Waals surface area contributed by atoms with E-state index in [9.17, 15) is 0 Å². The van der Waals surface area contributed by atoms with Gasteiger partial charge in [-0.25, -0.2) is 0 Å². The molecule has 0 aliphatic rings. The molecule has 0 unspecified atom stereocenters. The standard InChI is InChI=1S/C11H17NSi/c1-10(13(2,3)12)9-11-7-5-4-6-8-11/h4-9H,12H2,1-3H3/b10-9+. The minimum Gasteiger partial charge on any atom is -0.348 e. The topological polar surface area (TPSA) is 26.0 Å². The number of nitrogens with two attached hydrogens (primary N) is 1. The van der Waals surface area contributed by atoms with E-state index >= 15 is 0 Å². The fraction of sp³-hybridized carbons (Fsp3) is 0.273. The second-order valence-electron chi connectivity index (χ2n) is 3.96. The minimum absolute atomic E-state index is 1.24. The zero-order valence-electron chi connectivity index (χ0n) is 8.54. The second kappa shape index (κ2) is 3.90. The quantitative estimate of drug-likeness (QED) is 0.715. The van der Waals surface area contributed by atoms with Crippen LogP contribution in [0, 0.1) is 0 Å². The molecule has 0 spiro atoms. The summed E-state index contributed by atoms with van der Waals surface area (Å²) in [6.45, 7) is 6.43. The molecule has 0 radical (unpaired) electrons. The monoisotopic (exact) mass is 191 g/mol. The van der Waals surface area contributed by atoms with Gasteiger partial charge in [0.1, 0.15) is 8.24 Å². The lowest BCUT2D eigenvalue weighted by molar-refractivity contribution is 1.49. The number of hydrogen-bond donors (Lipinski definition) is 1. The first-order chi connectivity index (χ1) is 6.00. The van der Waals surface area contributed by atoms with E-state index in [2.05, 4.69) is 38.2 Å². The van der Waals surface area contributed by atoms with Crippen LogP contribution in [0.1, 0.15) is 12.5 Å². The van der Waals surface area contributed by atoms with Gasteiger partial charge in [0.15, 0.2) is 0 Å². The molecule has 0 aliphatic heterocycles. The van der Waals surface area contributed by atoms with Gasteiger partial charge in [0.25, 0.3) is 0 Å². The summed E-state index contributed by atoms with van der Waals surface area (Å²) in [7, 11) is -1.58. The Morgan fingerprint density at radius 2 is 1.77 bits per heavy atom. The van der Waals surface area contributed by atoms with Gasteiger partial charge in [0.2, 0.25) is 0 Å². The van der Waals surface area contributed by atoms with Crippen molar-refractivity contribution in [3.8, 4) is 0 Å². The Morgan fingerprint density at radius 3 is 2.23 bits per heavy atom. The van der Waals surface area contributed by atoms with E-state index in [1.54, 1.807) is 0 Å². The smallest absolute Gasteiger partial charge is 0.144 e. The lowest BCUT2D eigenvalue weighted by Crippen LogP contribution is -2.39. The molecule has 0 saturated carbocycles. The van der Waals surface area contributed by atoms with Crippen LogP contribution in [-0.4, -0.2) is 8.24 Å². The van der Waals surface area contributed by atoms with Crippen LogP contribution in [0.4, 0.5) is 0 Å². The first-order valence-electron chi connectivity index (χ1n) is 4.53. The SMILES string of the molecule is C/C(=C\c1ccccc1)[Si](C)(C)N. The molecule has 0 aromatic heterocycles. The van der Waals surface area contributed by atoms with E-state index in [1.807, 2.05) is 18.2 Å². The van der Waals surface area contributed by atoms with Crippen molar-refractivity contribution in [1.29, 1.82) is 0 Å². The molecule has 0 aliphatic carbocycles. The van der Waals surface area contributed by atoms with Crippen molar-refractivity contribution >= 4 is 14.3 Å². The van der Waals surface area contributed by atoms with Crippen LogP contribution >= 0.6 is 0 Å². The molecule has 0 heterocycles. The van der Waals surface area contributed by atoms with Gasteiger partial charge in [-0.05, 0) is 12.5 Å². The summed E-state index contributed by atoms with van der Waals surface area (Å²) < 4.78 is 0. The molecular weight excluding hydrogens is 174 g/mol. The van der Waals surface area contributed by atoms with Gasteiger partial charge < -0.3 is 5.40 Å². The third-order valence-electron chi connectivity index (χ3n) is 2.20. The van der Waals surface area contributed by atoms with Gasteiger partial charge >= 0.3 is 0 Å². The fourth-order valence-corrected chi connectivity index (χ4v) is 1.52. The van der Waals surface area contributed by atoms with Crippen molar-refractivity contribution < 1.29 is 0 Å². The van der Waals surface area contributed by atoms with Crippen LogP contribution in [0.5, 0.6) is 0 Å². The molecule has 0 fully saturated rings. The molecule has 2 heteroatoms. The zero-order valence-corrected chi connectivity index (χ0v) is 9.54. The molecule has 1 aromatic carbocycles. The molecule has 1 nitrogen and oxygen atoms in total. The zero-order chi connectivity index (χ0) is 9.90. The Morgan fingerprint density at radius 1 is 1.23 bits per heavy atom. The predicted octanol–water partition coefficient (Wildman–Crippen LogP) is 2.79. The molecule has 0 saturated heterocycles. The molecule has 1 rings (SSSR count). The van der Waals surface area contributed by atoms with Crippen LogP contribution in [-0.2, 0) is 0 Å². The van der Waals surface area contributed by atoms with E-state index in [1.165, 1.54) is 10.8 Å². The van der Waals surface area contributed by atoms with Crippen LogP contribution in [0.2, 0.25) is 13.1 Å². The first-order valence-corrected chi connectivity index (χ1v) is 7.60. The highest BCUT2D eigenvalue weighted by Gasteiger charge is 2.15. The molecule has 0 atom stereocenters. The number of allylic oxidation sites excluding steroid dienone is 1. The van der Waals surface area contributed by atoms with E-state index in [4.69, 9.17) is 5.40 Å². The second-order valence-corrected chi connectivity index (χ2v) is 8.19. The minimum atomic E-state index is -1.58. The van der Waals surface area contributed by atoms with Crippen LogP contribution in [0.3, 0.4) is 0 Å². The van der Waals surface area contributed by atoms with Gasteiger partial charge in [-0.15, -0.1) is 0 Å². The van der Waals surface area contributed by atoms with Crippen molar-refractivity contribution in [2.24, 2.45) is 5.40 Å². The number of hydrogen-bond acceptors (Lipinski definition) is 1. The third kappa shape index (κ3) is 3.17. The van der Waals surface area contributed by atoms with Crippen molar-refractivity contribution in [2.75, 3.05) is 0 Å². The summed E-state index contributed by atoms with van der Waals surface area (Å²) in [5, 5.41) is 7.43. The number of benzene rings is 1. The van der Waals surface area contributed by atoms with Gasteiger partial charge in [0.05, 0.1) is 0 Å². The summed E-state index contributed by atoms with van der Waals surface area (Å²) in [6.07, 6.45) is 2.19. The van der Waals surface area contributed by atoms with Crippen LogP contribution in [0.15, 0.2) is 35.5 Å². The summed E-state index contributed by atoms with van der Waals surface area (Å²) in [5.41, 5.74) is 1.24. The maximum absolute atomic E-state index is 6.10. The normalized spacial score (nSPS) is 13.1. The maximum Gasteiger partial charge on any atom is 0.144 e. The Hall–Kier alpha value is -0.863. The summed E-state index contributed by atoms with van der Waals surface area (Å²) in [5.74, 6) is 0. The van der Waals surface area contributed by atoms with Gasteiger partial charge in [-0.3, -0.25) is 0 Å². The molecule has 1 aromatic rings. The van der Waals surface area contributed by atoms with E-state index in [0.717, 1.165) is 0 Å². The third-order valence-corrected chi connectivity index (χ3v) is 4.38. The summed E-state index contributed by atoms with van der Waals surface area (Å²) in [4.78, 5) is 0. The van der Waals surface area contributed by atoms with Crippen molar-refractivity contribution in [3.05, 3.63) is 41.1 Å². The first kappa shape index (κ1) is 10.2. The molecular formula is C11H17NSi. The summed E-state index contributed by atoms with van der Waals surface area (Å²) in [6, 6.07) is 10.3. The Kier molecular flexibility index (Phi) is 3.06. The lowest BCUT2D eigenvalue weighted by Gasteiger charge is -2.16. The molecule has 2 N–H and O–H groups in total. The van der Waals surface area contributed by atoms with E-state index in [0.29, 0.717) is 0 Å². The van der Waals surface area contributed by atoms with E-state index < -0.39 is 8.24 Å². The van der Waals surface area contributed by atoms with Gasteiger partial charge in [0, 0.05) is 0 Å². The largest absolute Gasteiger partial charge is 0.348 e. The van der Waals surface area contributed by atoms with Crippen molar-refractivity contribution in [3.63, 3.8) is 0 Å². The summed E-state index contributed by atoms with van der Waals surface area (Å²) >= 11 is 0. The Balaban J connectivity index is 2.90. The van der Waals surface area contributed by atoms with Gasteiger partial charge in [-0.1, -0.05) is 54.7 Å². The maximum atomic E-state index is 6.10. The average Bonchev–Trinajstić information content (AvgIpc) is 2.04. The van der Waals surface area contributed by atoms with Crippen molar-refractivity contribution in [1.82, 2.24) is 0 Å².